The number of methoxy groups -OCH3 is 1. The van der Waals surface area contributed by atoms with Gasteiger partial charge in [-0.1, -0.05) is 6.42 Å². The van der Waals surface area contributed by atoms with Gasteiger partial charge in [-0.15, -0.1) is 0 Å². The van der Waals surface area contributed by atoms with Crippen molar-refractivity contribution in [1.29, 1.82) is 0 Å². The molecular weight excluding hydrogens is 282 g/mol. The lowest BCUT2D eigenvalue weighted by Gasteiger charge is -2.24. The van der Waals surface area contributed by atoms with Crippen LogP contribution in [0.3, 0.4) is 0 Å². The van der Waals surface area contributed by atoms with Crippen LogP contribution in [-0.2, 0) is 26.1 Å². The first-order chi connectivity index (χ1) is 9.46. The zero-order valence-electron chi connectivity index (χ0n) is 11.6. The average molecular weight is 301 g/mol. The molecule has 20 heavy (non-hydrogen) atoms. The first kappa shape index (κ1) is 15.1. The summed E-state index contributed by atoms with van der Waals surface area (Å²) in [5, 5.41) is -0.699. The molecule has 2 rings (SSSR count). The maximum absolute atomic E-state index is 12.6. The monoisotopic (exact) mass is 301 g/mol. The number of carbonyl (C=O) groups is 1. The van der Waals surface area contributed by atoms with Gasteiger partial charge in [-0.3, -0.25) is 4.79 Å². The topological polar surface area (TPSA) is 76.8 Å². The molecule has 2 atom stereocenters. The Morgan fingerprint density at radius 2 is 2.25 bits per heavy atom. The smallest absolute Gasteiger partial charge is 0.310 e. The third-order valence-electron chi connectivity index (χ3n) is 3.73. The highest BCUT2D eigenvalue weighted by Gasteiger charge is 2.44. The van der Waals surface area contributed by atoms with Gasteiger partial charge in [0.15, 0.2) is 0 Å². The van der Waals surface area contributed by atoms with Crippen molar-refractivity contribution < 1.29 is 22.4 Å². The summed E-state index contributed by atoms with van der Waals surface area (Å²) in [6, 6.07) is 3.43. The number of esters is 1. The summed E-state index contributed by atoms with van der Waals surface area (Å²) in [6.45, 7) is 0.166. The Morgan fingerprint density at radius 1 is 1.50 bits per heavy atom. The van der Waals surface area contributed by atoms with E-state index in [0.29, 0.717) is 18.6 Å². The van der Waals surface area contributed by atoms with Crippen molar-refractivity contribution in [3.63, 3.8) is 0 Å². The van der Waals surface area contributed by atoms with Crippen LogP contribution in [-0.4, -0.2) is 38.1 Å². The second-order valence-electron chi connectivity index (χ2n) is 4.98. The lowest BCUT2D eigenvalue weighted by atomic mass is 10.1. The summed E-state index contributed by atoms with van der Waals surface area (Å²) >= 11 is 0. The van der Waals surface area contributed by atoms with E-state index < -0.39 is 27.2 Å². The summed E-state index contributed by atoms with van der Waals surface area (Å²) in [4.78, 5) is 11.7. The summed E-state index contributed by atoms with van der Waals surface area (Å²) in [7, 11) is -0.754. The SMILES string of the molecule is COC(=O)C1CCCC1S(=O)(=O)N(C)Cc1ccco1. The van der Waals surface area contributed by atoms with Crippen molar-refractivity contribution in [3.05, 3.63) is 24.2 Å². The number of hydrogen-bond acceptors (Lipinski definition) is 5. The van der Waals surface area contributed by atoms with Gasteiger partial charge in [0.25, 0.3) is 0 Å². The number of carbonyl (C=O) groups excluding carboxylic acids is 1. The molecule has 1 saturated carbocycles. The van der Waals surface area contributed by atoms with Crippen LogP contribution in [0.4, 0.5) is 0 Å². The number of sulfonamides is 1. The van der Waals surface area contributed by atoms with Crippen molar-refractivity contribution in [2.45, 2.75) is 31.1 Å². The quantitative estimate of drug-likeness (QED) is 0.768. The van der Waals surface area contributed by atoms with Gasteiger partial charge < -0.3 is 9.15 Å². The molecule has 1 heterocycles. The molecular formula is C13H19NO5S. The molecule has 0 aliphatic heterocycles. The van der Waals surface area contributed by atoms with Crippen LogP contribution in [0.5, 0.6) is 0 Å². The lowest BCUT2D eigenvalue weighted by Crippen LogP contribution is -2.40. The summed E-state index contributed by atoms with van der Waals surface area (Å²) in [5.41, 5.74) is 0. The number of rotatable bonds is 5. The van der Waals surface area contributed by atoms with Gasteiger partial charge in [-0.05, 0) is 25.0 Å². The third-order valence-corrected chi connectivity index (χ3v) is 6.06. The number of ether oxygens (including phenoxy) is 1. The minimum Gasteiger partial charge on any atom is -0.469 e. The molecule has 0 radical (unpaired) electrons. The highest BCUT2D eigenvalue weighted by atomic mass is 32.2. The summed E-state index contributed by atoms with van der Waals surface area (Å²) in [5.74, 6) is -0.435. The second-order valence-corrected chi connectivity index (χ2v) is 7.24. The molecule has 7 heteroatoms. The molecule has 0 bridgehead atoms. The normalized spacial score (nSPS) is 23.1. The van der Waals surface area contributed by atoms with Crippen LogP contribution >= 0.6 is 0 Å². The molecule has 1 aliphatic rings. The van der Waals surface area contributed by atoms with E-state index in [2.05, 4.69) is 0 Å². The number of furan rings is 1. The second kappa shape index (κ2) is 5.97. The fourth-order valence-corrected chi connectivity index (χ4v) is 4.54. The Bertz CT molecular complexity index is 551. The summed E-state index contributed by atoms with van der Waals surface area (Å²) in [6.07, 6.45) is 3.27. The molecule has 1 aromatic rings. The minimum absolute atomic E-state index is 0.166. The minimum atomic E-state index is -3.55. The van der Waals surface area contributed by atoms with Crippen LogP contribution in [0.25, 0.3) is 0 Å². The van der Waals surface area contributed by atoms with Gasteiger partial charge in [-0.2, -0.15) is 4.31 Å². The zero-order chi connectivity index (χ0) is 14.8. The largest absolute Gasteiger partial charge is 0.469 e. The molecule has 6 nitrogen and oxygen atoms in total. The molecule has 1 aromatic heterocycles. The van der Waals surface area contributed by atoms with Gasteiger partial charge >= 0.3 is 5.97 Å². The molecule has 1 fully saturated rings. The Balaban J connectivity index is 2.14. The maximum Gasteiger partial charge on any atom is 0.310 e. The molecule has 0 amide bonds. The van der Waals surface area contributed by atoms with E-state index in [1.54, 1.807) is 12.1 Å². The molecule has 0 saturated heterocycles. The standard InChI is InChI=1S/C13H19NO5S/c1-14(9-10-5-4-8-19-10)20(16,17)12-7-3-6-11(12)13(15)18-2/h4-5,8,11-12H,3,6-7,9H2,1-2H3. The first-order valence-corrected chi connectivity index (χ1v) is 8.02. The molecule has 2 unspecified atom stereocenters. The van der Waals surface area contributed by atoms with E-state index in [0.717, 1.165) is 6.42 Å². The fraction of sp³-hybridized carbons (Fsp3) is 0.615. The van der Waals surface area contributed by atoms with E-state index in [9.17, 15) is 13.2 Å². The van der Waals surface area contributed by atoms with E-state index in [-0.39, 0.29) is 6.54 Å². The Morgan fingerprint density at radius 3 is 2.85 bits per heavy atom. The van der Waals surface area contributed by atoms with Gasteiger partial charge in [0.1, 0.15) is 5.76 Å². The first-order valence-electron chi connectivity index (χ1n) is 6.52. The van der Waals surface area contributed by atoms with E-state index in [1.807, 2.05) is 0 Å². The number of nitrogens with zero attached hydrogens (tertiary/aromatic N) is 1. The van der Waals surface area contributed by atoms with Crippen molar-refractivity contribution in [1.82, 2.24) is 4.31 Å². The highest BCUT2D eigenvalue weighted by Crippen LogP contribution is 2.33. The van der Waals surface area contributed by atoms with Crippen molar-refractivity contribution in [3.8, 4) is 0 Å². The van der Waals surface area contributed by atoms with E-state index >= 15 is 0 Å². The molecule has 0 N–H and O–H groups in total. The van der Waals surface area contributed by atoms with E-state index in [4.69, 9.17) is 9.15 Å². The predicted molar refractivity (Wildman–Crippen MR) is 72.2 cm³/mol. The molecule has 112 valence electrons. The molecule has 0 spiro atoms. The van der Waals surface area contributed by atoms with Crippen molar-refractivity contribution >= 4 is 16.0 Å². The molecule has 0 aromatic carbocycles. The van der Waals surface area contributed by atoms with E-state index in [1.165, 1.54) is 24.7 Å². The predicted octanol–water partition coefficient (Wildman–Crippen LogP) is 1.38. The lowest BCUT2D eigenvalue weighted by molar-refractivity contribution is -0.145. The van der Waals surface area contributed by atoms with Crippen molar-refractivity contribution in [2.24, 2.45) is 5.92 Å². The zero-order valence-corrected chi connectivity index (χ0v) is 12.4. The van der Waals surface area contributed by atoms with Crippen LogP contribution < -0.4 is 0 Å². The van der Waals surface area contributed by atoms with Crippen LogP contribution in [0.2, 0.25) is 0 Å². The number of hydrogen-bond donors (Lipinski definition) is 0. The van der Waals surface area contributed by atoms with Gasteiger partial charge in [0.2, 0.25) is 10.0 Å². The Kier molecular flexibility index (Phi) is 4.49. The van der Waals surface area contributed by atoms with Gasteiger partial charge in [0.05, 0.1) is 31.1 Å². The van der Waals surface area contributed by atoms with Crippen LogP contribution in [0.1, 0.15) is 25.0 Å². The Hall–Kier alpha value is -1.34. The Labute approximate surface area is 118 Å². The van der Waals surface area contributed by atoms with Crippen LogP contribution in [0, 0.1) is 5.92 Å². The highest BCUT2D eigenvalue weighted by molar-refractivity contribution is 7.89. The molecule has 1 aliphatic carbocycles. The van der Waals surface area contributed by atoms with Gasteiger partial charge in [-0.25, -0.2) is 8.42 Å². The summed E-state index contributed by atoms with van der Waals surface area (Å²) < 4.78 is 36.2. The average Bonchev–Trinajstić information content (AvgIpc) is 3.08. The van der Waals surface area contributed by atoms with Crippen LogP contribution in [0.15, 0.2) is 22.8 Å². The van der Waals surface area contributed by atoms with Crippen molar-refractivity contribution in [2.75, 3.05) is 14.2 Å². The fourth-order valence-electron chi connectivity index (χ4n) is 2.65. The van der Waals surface area contributed by atoms with Gasteiger partial charge in [0, 0.05) is 7.05 Å². The maximum atomic E-state index is 12.6. The third kappa shape index (κ3) is 2.88.